The highest BCUT2D eigenvalue weighted by molar-refractivity contribution is 7.90. The summed E-state index contributed by atoms with van der Waals surface area (Å²) in [6.45, 7) is -1.14. The van der Waals surface area contributed by atoms with Crippen LogP contribution in [0.1, 0.15) is 41.4 Å². The van der Waals surface area contributed by atoms with E-state index in [1.165, 1.54) is 60.7 Å². The Bertz CT molecular complexity index is 1930. The van der Waals surface area contributed by atoms with E-state index >= 15 is 0 Å². The lowest BCUT2D eigenvalue weighted by Gasteiger charge is -2.14. The highest BCUT2D eigenvalue weighted by atomic mass is 35.5. The van der Waals surface area contributed by atoms with Crippen molar-refractivity contribution in [2.24, 2.45) is 0 Å². The van der Waals surface area contributed by atoms with Crippen molar-refractivity contribution in [3.63, 3.8) is 0 Å². The molecule has 2 amide bonds. The first-order valence-electron chi connectivity index (χ1n) is 12.7. The number of Topliss-reactive ketones (excluding diaryl/α,β-unsaturated/α-hetero) is 2. The Hall–Kier alpha value is -4.36. The molecule has 0 saturated heterocycles. The molecule has 0 aromatic heterocycles. The lowest BCUT2D eigenvalue weighted by Crippen LogP contribution is -2.35. The maximum absolute atomic E-state index is 12.4. The number of hydrogen-bond donors (Lipinski definition) is 0. The molecule has 14 heteroatoms. The molecule has 0 aliphatic carbocycles. The highest BCUT2D eigenvalue weighted by Gasteiger charge is 2.43. The van der Waals surface area contributed by atoms with Gasteiger partial charge in [-0.3, -0.25) is 19.2 Å². The predicted molar refractivity (Wildman–Crippen MR) is 161 cm³/mol. The molecular weight excluding hydrogens is 651 g/mol. The van der Waals surface area contributed by atoms with Crippen LogP contribution < -0.4 is 0 Å². The Balaban J connectivity index is 0.000000175. The molecule has 4 aromatic rings. The number of rotatable bonds is 6. The molecule has 4 aromatic carbocycles. The Morgan fingerprint density at radius 1 is 0.523 bits per heavy atom. The Labute approximate surface area is 262 Å². The van der Waals surface area contributed by atoms with Crippen LogP contribution in [0.25, 0.3) is 0 Å². The molecule has 0 bridgehead atoms. The maximum atomic E-state index is 12.4. The predicted octanol–water partition coefficient (Wildman–Crippen LogP) is 4.73. The van der Waals surface area contributed by atoms with Crippen LogP contribution in [0.3, 0.4) is 0 Å². The molecule has 0 unspecified atom stereocenters. The lowest BCUT2D eigenvalue weighted by molar-refractivity contribution is 0.0819. The van der Waals surface area contributed by atoms with Gasteiger partial charge in [0.15, 0.2) is 11.6 Å². The van der Waals surface area contributed by atoms with Crippen LogP contribution in [0.5, 0.6) is 0 Å². The fourth-order valence-corrected chi connectivity index (χ4v) is 8.11. The van der Waals surface area contributed by atoms with Gasteiger partial charge in [0.2, 0.25) is 0 Å². The molecule has 44 heavy (non-hydrogen) atoms. The van der Waals surface area contributed by atoms with E-state index in [4.69, 9.17) is 23.2 Å². The molecule has 0 radical (unpaired) electrons. The summed E-state index contributed by atoms with van der Waals surface area (Å²) in [5.74, 6) is -2.46. The topological polar surface area (TPSA) is 143 Å². The molecule has 0 N–H and O–H groups in total. The van der Waals surface area contributed by atoms with Crippen LogP contribution in [0.15, 0.2) is 107 Å². The summed E-state index contributed by atoms with van der Waals surface area (Å²) in [6.07, 6.45) is 0. The van der Waals surface area contributed by atoms with Gasteiger partial charge in [0.1, 0.15) is 22.9 Å². The van der Waals surface area contributed by atoms with Crippen LogP contribution in [-0.2, 0) is 20.0 Å². The first-order valence-corrected chi connectivity index (χ1v) is 16.4. The summed E-state index contributed by atoms with van der Waals surface area (Å²) in [6, 6.07) is 24.4. The number of carbonyl (C=O) groups excluding carboxylic acids is 4. The largest absolute Gasteiger partial charge is 0.292 e. The van der Waals surface area contributed by atoms with Crippen LogP contribution in [0.4, 0.5) is 0 Å². The van der Waals surface area contributed by atoms with Crippen molar-refractivity contribution in [1.82, 2.24) is 8.61 Å². The number of hydrogen-bond acceptors (Lipinski definition) is 8. The molecule has 0 saturated carbocycles. The van der Waals surface area contributed by atoms with Crippen molar-refractivity contribution in [1.29, 1.82) is 0 Å². The van der Waals surface area contributed by atoms with Crippen LogP contribution >= 0.6 is 23.2 Å². The zero-order valence-electron chi connectivity index (χ0n) is 22.4. The maximum Gasteiger partial charge on any atom is 0.269 e. The third-order valence-corrected chi connectivity index (χ3v) is 11.0. The number of amides is 2. The SMILES string of the molecule is O=C(CN1C(=O)c2ccccc2S1(=O)=O)c1ccccc1Cl.O=C(CN1C(=O)c2ccccc2S1(=O)=O)c1ccccc1Cl. The van der Waals surface area contributed by atoms with Crippen molar-refractivity contribution < 1.29 is 36.0 Å². The number of sulfonamides is 2. The van der Waals surface area contributed by atoms with Crippen LogP contribution in [0, 0.1) is 0 Å². The van der Waals surface area contributed by atoms with Gasteiger partial charge in [-0.05, 0) is 48.5 Å². The average molecular weight is 672 g/mol. The van der Waals surface area contributed by atoms with Gasteiger partial charge in [-0.25, -0.2) is 25.4 Å². The third-order valence-electron chi connectivity index (χ3n) is 6.75. The molecule has 2 aliphatic rings. The van der Waals surface area contributed by atoms with E-state index in [0.717, 1.165) is 0 Å². The minimum Gasteiger partial charge on any atom is -0.292 e. The number of benzene rings is 4. The molecule has 2 heterocycles. The zero-order chi connectivity index (χ0) is 31.8. The minimum atomic E-state index is -3.99. The van der Waals surface area contributed by atoms with Crippen molar-refractivity contribution in [2.75, 3.05) is 13.1 Å². The molecule has 224 valence electrons. The third kappa shape index (κ3) is 5.52. The van der Waals surface area contributed by atoms with E-state index in [2.05, 4.69) is 0 Å². The lowest BCUT2D eigenvalue weighted by atomic mass is 10.1. The van der Waals surface area contributed by atoms with Crippen molar-refractivity contribution >= 4 is 66.6 Å². The van der Waals surface area contributed by atoms with Crippen LogP contribution in [0.2, 0.25) is 10.0 Å². The van der Waals surface area contributed by atoms with Gasteiger partial charge in [-0.15, -0.1) is 0 Å². The molecule has 0 fully saturated rings. The zero-order valence-corrected chi connectivity index (χ0v) is 25.5. The van der Waals surface area contributed by atoms with Crippen molar-refractivity contribution in [3.8, 4) is 0 Å². The summed E-state index contributed by atoms with van der Waals surface area (Å²) in [5.41, 5.74) is 0.523. The van der Waals surface area contributed by atoms with Gasteiger partial charge < -0.3 is 0 Å². The molecule has 6 rings (SSSR count). The van der Waals surface area contributed by atoms with Gasteiger partial charge in [0, 0.05) is 11.1 Å². The quantitative estimate of drug-likeness (QED) is 0.268. The first-order chi connectivity index (χ1) is 20.9. The van der Waals surface area contributed by atoms with Gasteiger partial charge in [0.05, 0.1) is 21.2 Å². The van der Waals surface area contributed by atoms with Gasteiger partial charge in [-0.1, -0.05) is 71.7 Å². The van der Waals surface area contributed by atoms with Crippen molar-refractivity contribution in [2.45, 2.75) is 9.79 Å². The van der Waals surface area contributed by atoms with E-state index in [-0.39, 0.29) is 42.1 Å². The van der Waals surface area contributed by atoms with Gasteiger partial charge in [0.25, 0.3) is 31.9 Å². The molecule has 10 nitrogen and oxygen atoms in total. The Morgan fingerprint density at radius 2 is 0.841 bits per heavy atom. The fraction of sp³-hybridized carbons (Fsp3) is 0.0667. The number of carbonyl (C=O) groups is 4. The standard InChI is InChI=1S/2C15H10ClNO4S/c2*16-12-7-3-1-5-10(12)13(18)9-17-15(19)11-6-2-4-8-14(11)22(17,20)21/h2*1-8H,9H2. The van der Waals surface area contributed by atoms with Crippen LogP contribution in [-0.4, -0.2) is 61.9 Å². The van der Waals surface area contributed by atoms with E-state index in [1.807, 2.05) is 0 Å². The summed E-state index contributed by atoms with van der Waals surface area (Å²) < 4.78 is 50.6. The second-order valence-electron chi connectivity index (χ2n) is 9.43. The fourth-order valence-electron chi connectivity index (χ4n) is 4.58. The molecular formula is C30H20Cl2N2O8S2. The number of halogens is 2. The van der Waals surface area contributed by atoms with E-state index < -0.39 is 56.5 Å². The molecule has 2 aliphatic heterocycles. The average Bonchev–Trinajstić information content (AvgIpc) is 3.32. The summed E-state index contributed by atoms with van der Waals surface area (Å²) in [7, 11) is -7.98. The summed E-state index contributed by atoms with van der Waals surface area (Å²) in [5, 5.41) is 0.433. The van der Waals surface area contributed by atoms with Gasteiger partial charge in [-0.2, -0.15) is 0 Å². The monoisotopic (exact) mass is 670 g/mol. The van der Waals surface area contributed by atoms with E-state index in [0.29, 0.717) is 8.61 Å². The Morgan fingerprint density at radius 3 is 1.18 bits per heavy atom. The van der Waals surface area contributed by atoms with E-state index in [1.54, 1.807) is 36.4 Å². The number of fused-ring (bicyclic) bond motifs is 2. The summed E-state index contributed by atoms with van der Waals surface area (Å²) >= 11 is 11.9. The minimum absolute atomic E-state index is 0.0769. The normalized spacial score (nSPS) is 15.7. The molecule has 0 spiro atoms. The van der Waals surface area contributed by atoms with E-state index in [9.17, 15) is 36.0 Å². The first kappa shape index (κ1) is 31.1. The smallest absolute Gasteiger partial charge is 0.269 e. The second-order valence-corrected chi connectivity index (χ2v) is 13.9. The highest BCUT2D eigenvalue weighted by Crippen LogP contribution is 2.31. The second kappa shape index (κ2) is 12.0. The number of nitrogens with zero attached hydrogens (tertiary/aromatic N) is 2. The summed E-state index contributed by atoms with van der Waals surface area (Å²) in [4.78, 5) is 48.8. The van der Waals surface area contributed by atoms with Gasteiger partial charge >= 0.3 is 0 Å². The Kier molecular flexibility index (Phi) is 8.45. The number of ketones is 2. The molecule has 0 atom stereocenters. The van der Waals surface area contributed by atoms with Crippen molar-refractivity contribution in [3.05, 3.63) is 129 Å².